The molecule has 0 fully saturated rings. The van der Waals surface area contributed by atoms with Crippen LogP contribution in [0, 0.1) is 0 Å². The quantitative estimate of drug-likeness (QED) is 0.737. The van der Waals surface area contributed by atoms with E-state index in [4.69, 9.17) is 27.9 Å². The summed E-state index contributed by atoms with van der Waals surface area (Å²) < 4.78 is 5.06. The van der Waals surface area contributed by atoms with Crippen molar-refractivity contribution in [2.45, 2.75) is 13.0 Å². The van der Waals surface area contributed by atoms with Gasteiger partial charge in [-0.05, 0) is 31.2 Å². The van der Waals surface area contributed by atoms with Gasteiger partial charge in [-0.1, -0.05) is 23.2 Å². The van der Waals surface area contributed by atoms with Crippen molar-refractivity contribution in [3.8, 4) is 22.8 Å². The number of hydrogen-bond acceptors (Lipinski definition) is 5. The van der Waals surface area contributed by atoms with Crippen LogP contribution in [0.4, 0.5) is 0 Å². The molecule has 110 valence electrons. The number of aliphatic carboxylic acids is 1. The molecule has 0 aliphatic carbocycles. The molecule has 1 unspecified atom stereocenters. The molecule has 0 bridgehead atoms. The second-order valence-electron chi connectivity index (χ2n) is 4.25. The van der Waals surface area contributed by atoms with Gasteiger partial charge in [-0.25, -0.2) is 0 Å². The predicted octanol–water partition coefficient (Wildman–Crippen LogP) is -0.718. The van der Waals surface area contributed by atoms with Crippen molar-refractivity contribution in [3.63, 3.8) is 0 Å². The summed E-state index contributed by atoms with van der Waals surface area (Å²) >= 11 is 11.8. The van der Waals surface area contributed by atoms with E-state index in [2.05, 4.69) is 4.98 Å². The Kier molecular flexibility index (Phi) is 6.97. The van der Waals surface area contributed by atoms with Gasteiger partial charge in [-0.15, -0.1) is 0 Å². The molecule has 0 aliphatic heterocycles. The first-order valence-electron chi connectivity index (χ1n) is 5.90. The largest absolute Gasteiger partial charge is 1.00 e. The average Bonchev–Trinajstić information content (AvgIpc) is 2.41. The molecule has 0 radical (unpaired) electrons. The number of ether oxygens (including phenoxy) is 1. The summed E-state index contributed by atoms with van der Waals surface area (Å²) in [5.74, 6) is -1.57. The Hall–Kier alpha value is -0.980. The van der Waals surface area contributed by atoms with Crippen LogP contribution in [0.25, 0.3) is 11.3 Å². The van der Waals surface area contributed by atoms with Crippen LogP contribution in [0.15, 0.2) is 30.5 Å². The van der Waals surface area contributed by atoms with E-state index in [0.29, 0.717) is 21.3 Å². The van der Waals surface area contributed by atoms with Crippen LogP contribution in [0.3, 0.4) is 0 Å². The Bertz CT molecular complexity index is 697. The summed E-state index contributed by atoms with van der Waals surface area (Å²) in [5.41, 5.74) is 0.985. The molecule has 22 heavy (non-hydrogen) atoms. The minimum atomic E-state index is -1.37. The number of carbonyl (C=O) groups excluding carboxylic acids is 1. The molecule has 0 aliphatic rings. The Morgan fingerprint density at radius 3 is 2.59 bits per heavy atom. The molecule has 1 aromatic carbocycles. The van der Waals surface area contributed by atoms with Gasteiger partial charge in [0.05, 0.1) is 21.7 Å². The van der Waals surface area contributed by atoms with E-state index in [9.17, 15) is 15.0 Å². The maximum Gasteiger partial charge on any atom is 1.00 e. The number of rotatable bonds is 4. The number of carboxylic acids is 1. The molecule has 0 saturated carbocycles. The number of halogens is 2. The van der Waals surface area contributed by atoms with E-state index >= 15 is 0 Å². The topological polar surface area (TPSA) is 82.5 Å². The number of carboxylic acid groups (broad SMARTS) is 1. The number of phenolic OH excluding ortho intramolecular Hbond substituents is 1. The Morgan fingerprint density at radius 1 is 1.36 bits per heavy atom. The van der Waals surface area contributed by atoms with Crippen LogP contribution in [-0.2, 0) is 4.79 Å². The molecular formula is C14H10Cl2NNaO4. The minimum absolute atomic E-state index is 0. The van der Waals surface area contributed by atoms with Crippen molar-refractivity contribution in [1.29, 1.82) is 0 Å². The third kappa shape index (κ3) is 4.51. The SMILES string of the molecule is CC(Oc1ccc(-c2ncc(Cl)cc2Cl)cc1O)C(=O)[O-].[Na+]. The fourth-order valence-corrected chi connectivity index (χ4v) is 2.12. The molecule has 2 rings (SSSR count). The number of nitrogens with zero attached hydrogens (tertiary/aromatic N) is 1. The van der Waals surface area contributed by atoms with Crippen LogP contribution < -0.4 is 39.4 Å². The van der Waals surface area contributed by atoms with Crippen molar-refractivity contribution in [1.82, 2.24) is 4.98 Å². The molecule has 0 amide bonds. The normalized spacial score (nSPS) is 11.4. The summed E-state index contributed by atoms with van der Waals surface area (Å²) in [6.45, 7) is 1.31. The zero-order valence-corrected chi connectivity index (χ0v) is 15.4. The smallest absolute Gasteiger partial charge is 0.546 e. The molecule has 5 nitrogen and oxygen atoms in total. The van der Waals surface area contributed by atoms with Crippen molar-refractivity contribution in [3.05, 3.63) is 40.5 Å². The first kappa shape index (κ1) is 19.1. The summed E-state index contributed by atoms with van der Waals surface area (Å²) in [6.07, 6.45) is 0.251. The number of carbonyl (C=O) groups is 1. The van der Waals surface area contributed by atoms with Gasteiger partial charge >= 0.3 is 29.6 Å². The van der Waals surface area contributed by atoms with E-state index in [1.807, 2.05) is 0 Å². The van der Waals surface area contributed by atoms with Gasteiger partial charge in [-0.2, -0.15) is 0 Å². The van der Waals surface area contributed by atoms with Crippen LogP contribution in [-0.4, -0.2) is 22.2 Å². The van der Waals surface area contributed by atoms with Crippen molar-refractivity contribution >= 4 is 29.2 Å². The number of hydrogen-bond donors (Lipinski definition) is 1. The fourth-order valence-electron chi connectivity index (χ4n) is 1.63. The monoisotopic (exact) mass is 349 g/mol. The number of aromatic nitrogens is 1. The van der Waals surface area contributed by atoms with Gasteiger partial charge in [0, 0.05) is 11.8 Å². The number of benzene rings is 1. The van der Waals surface area contributed by atoms with E-state index in [0.717, 1.165) is 0 Å². The van der Waals surface area contributed by atoms with Crippen LogP contribution >= 0.6 is 23.2 Å². The zero-order valence-electron chi connectivity index (χ0n) is 11.8. The second kappa shape index (κ2) is 8.04. The zero-order chi connectivity index (χ0) is 15.6. The maximum atomic E-state index is 10.6. The van der Waals surface area contributed by atoms with Crippen LogP contribution in [0.2, 0.25) is 10.0 Å². The predicted molar refractivity (Wildman–Crippen MR) is 76.5 cm³/mol. The van der Waals surface area contributed by atoms with Gasteiger partial charge in [0.15, 0.2) is 11.5 Å². The standard InChI is InChI=1S/C14H11Cl2NO4.Na/c1-7(14(19)20)21-12-3-2-8(4-11(12)18)13-10(16)5-9(15)6-17-13;/h2-7,18H,1H3,(H,19,20);/q;+1/p-1. The van der Waals surface area contributed by atoms with E-state index < -0.39 is 12.1 Å². The maximum absolute atomic E-state index is 10.6. The van der Waals surface area contributed by atoms with Crippen molar-refractivity contribution in [2.24, 2.45) is 0 Å². The van der Waals surface area contributed by atoms with Gasteiger partial charge < -0.3 is 19.7 Å². The summed E-state index contributed by atoms with van der Waals surface area (Å²) in [6, 6.07) is 5.93. The Labute approximate surface area is 159 Å². The van der Waals surface area contributed by atoms with E-state index in [-0.39, 0.29) is 41.1 Å². The molecule has 1 aromatic heterocycles. The van der Waals surface area contributed by atoms with E-state index in [1.54, 1.807) is 6.07 Å². The van der Waals surface area contributed by atoms with Crippen molar-refractivity contribution < 1.29 is 49.3 Å². The van der Waals surface area contributed by atoms with Gasteiger partial charge in [0.2, 0.25) is 0 Å². The minimum Gasteiger partial charge on any atom is -0.546 e. The Morgan fingerprint density at radius 2 is 2.05 bits per heavy atom. The first-order valence-corrected chi connectivity index (χ1v) is 6.66. The Balaban J connectivity index is 0.00000242. The molecular weight excluding hydrogens is 340 g/mol. The summed E-state index contributed by atoms with van der Waals surface area (Å²) in [5, 5.41) is 21.2. The molecule has 1 heterocycles. The van der Waals surface area contributed by atoms with Gasteiger partial charge in [0.1, 0.15) is 6.10 Å². The molecule has 8 heteroatoms. The number of aromatic hydroxyl groups is 1. The van der Waals surface area contributed by atoms with Crippen LogP contribution in [0.1, 0.15) is 6.92 Å². The third-order valence-electron chi connectivity index (χ3n) is 2.68. The van der Waals surface area contributed by atoms with E-state index in [1.165, 1.54) is 31.3 Å². The molecule has 2 aromatic rings. The molecule has 1 atom stereocenters. The van der Waals surface area contributed by atoms with Gasteiger partial charge in [0.25, 0.3) is 0 Å². The number of phenols is 1. The average molecular weight is 350 g/mol. The summed E-state index contributed by atoms with van der Waals surface area (Å²) in [4.78, 5) is 14.7. The van der Waals surface area contributed by atoms with Crippen LogP contribution in [0.5, 0.6) is 11.5 Å². The second-order valence-corrected chi connectivity index (χ2v) is 5.09. The number of pyridine rings is 1. The first-order chi connectivity index (χ1) is 9.88. The van der Waals surface area contributed by atoms with Crippen molar-refractivity contribution in [2.75, 3.05) is 0 Å². The van der Waals surface area contributed by atoms with Gasteiger partial charge in [-0.3, -0.25) is 4.98 Å². The summed E-state index contributed by atoms with van der Waals surface area (Å²) in [7, 11) is 0. The molecule has 0 saturated heterocycles. The third-order valence-corrected chi connectivity index (χ3v) is 3.17. The molecule has 0 spiro atoms. The fraction of sp³-hybridized carbons (Fsp3) is 0.143. The molecule has 1 N–H and O–H groups in total.